The Kier molecular flexibility index (Phi) is 2.24. The van der Waals surface area contributed by atoms with Gasteiger partial charge in [0, 0.05) is 25.4 Å². The summed E-state index contributed by atoms with van der Waals surface area (Å²) in [4.78, 5) is 3.46. The van der Waals surface area contributed by atoms with E-state index in [9.17, 15) is 0 Å². The molecule has 0 unspecified atom stereocenters. The average Bonchev–Trinajstić information content (AvgIpc) is 2.67. The lowest BCUT2D eigenvalue weighted by molar-refractivity contribution is 1.52. The van der Waals surface area contributed by atoms with Crippen LogP contribution in [0, 0.1) is 3.57 Å². The van der Waals surface area contributed by atoms with Crippen LogP contribution in [0.4, 0.5) is 0 Å². The molecule has 16 heavy (non-hydrogen) atoms. The van der Waals surface area contributed by atoms with Crippen molar-refractivity contribution >= 4 is 50.5 Å². The molecular weight excluding hydrogens is 309 g/mol. The molecule has 2 aromatic carbocycles. The smallest absolute Gasteiger partial charge is 0.0548 e. The molecule has 3 aromatic rings. The maximum Gasteiger partial charge on any atom is 0.0548 e. The Morgan fingerprint density at radius 1 is 1.06 bits per heavy atom. The number of rotatable bonds is 1. The Labute approximate surface area is 107 Å². The SMILES string of the molecule is C=Cc1c(I)ccc2c1[nH]c1ccccc12. The summed E-state index contributed by atoms with van der Waals surface area (Å²) in [7, 11) is 0. The zero-order valence-corrected chi connectivity index (χ0v) is 10.8. The molecule has 0 amide bonds. The van der Waals surface area contributed by atoms with Crippen LogP contribution < -0.4 is 0 Å². The van der Waals surface area contributed by atoms with Gasteiger partial charge in [-0.15, -0.1) is 0 Å². The molecule has 78 valence electrons. The molecule has 0 aliphatic heterocycles. The van der Waals surface area contributed by atoms with Gasteiger partial charge in [-0.05, 0) is 34.7 Å². The summed E-state index contributed by atoms with van der Waals surface area (Å²) in [5, 5.41) is 2.54. The molecule has 1 nitrogen and oxygen atoms in total. The second-order valence-corrected chi connectivity index (χ2v) is 4.92. The number of aromatic amines is 1. The maximum absolute atomic E-state index is 3.89. The molecule has 2 heteroatoms. The number of para-hydroxylation sites is 1. The van der Waals surface area contributed by atoms with Crippen molar-refractivity contribution in [3.63, 3.8) is 0 Å². The fraction of sp³-hybridized carbons (Fsp3) is 0. The number of aromatic nitrogens is 1. The highest BCUT2D eigenvalue weighted by molar-refractivity contribution is 14.1. The Morgan fingerprint density at radius 3 is 2.69 bits per heavy atom. The normalized spacial score (nSPS) is 11.1. The lowest BCUT2D eigenvalue weighted by Crippen LogP contribution is -1.81. The number of hydrogen-bond acceptors (Lipinski definition) is 0. The van der Waals surface area contributed by atoms with Crippen LogP contribution in [0.15, 0.2) is 43.0 Å². The van der Waals surface area contributed by atoms with Crippen molar-refractivity contribution in [3.05, 3.63) is 52.1 Å². The summed E-state index contributed by atoms with van der Waals surface area (Å²) in [6.07, 6.45) is 1.92. The topological polar surface area (TPSA) is 15.8 Å². The molecule has 0 atom stereocenters. The van der Waals surface area contributed by atoms with Crippen molar-refractivity contribution < 1.29 is 0 Å². The summed E-state index contributed by atoms with van der Waals surface area (Å²) >= 11 is 2.34. The van der Waals surface area contributed by atoms with Gasteiger partial charge >= 0.3 is 0 Å². The fourth-order valence-electron chi connectivity index (χ4n) is 2.11. The third-order valence-corrected chi connectivity index (χ3v) is 3.81. The van der Waals surface area contributed by atoms with Crippen LogP contribution in [-0.4, -0.2) is 4.98 Å². The van der Waals surface area contributed by atoms with Crippen molar-refractivity contribution in [1.29, 1.82) is 0 Å². The van der Waals surface area contributed by atoms with E-state index < -0.39 is 0 Å². The standard InChI is InChI=1S/C14H10IN/c1-2-9-12(15)8-7-11-10-5-3-4-6-13(10)16-14(9)11/h2-8,16H,1H2. The fourth-order valence-corrected chi connectivity index (χ4v) is 2.78. The minimum atomic E-state index is 1.18. The molecule has 1 N–H and O–H groups in total. The van der Waals surface area contributed by atoms with Gasteiger partial charge in [0.2, 0.25) is 0 Å². The van der Waals surface area contributed by atoms with Crippen LogP contribution in [-0.2, 0) is 0 Å². The minimum Gasteiger partial charge on any atom is -0.354 e. The van der Waals surface area contributed by atoms with Crippen LogP contribution in [0.5, 0.6) is 0 Å². The average molecular weight is 319 g/mol. The molecule has 0 saturated heterocycles. The summed E-state index contributed by atoms with van der Waals surface area (Å²) < 4.78 is 1.23. The summed E-state index contributed by atoms with van der Waals surface area (Å²) in [5.74, 6) is 0. The molecule has 1 heterocycles. The van der Waals surface area contributed by atoms with Gasteiger partial charge in [-0.1, -0.05) is 36.9 Å². The highest BCUT2D eigenvalue weighted by Crippen LogP contribution is 2.30. The third-order valence-electron chi connectivity index (χ3n) is 2.87. The van der Waals surface area contributed by atoms with Crippen LogP contribution in [0.3, 0.4) is 0 Å². The first kappa shape index (κ1) is 9.90. The first-order chi connectivity index (χ1) is 7.81. The number of H-pyrrole nitrogens is 1. The zero-order valence-electron chi connectivity index (χ0n) is 8.63. The van der Waals surface area contributed by atoms with Crippen LogP contribution in [0.25, 0.3) is 27.9 Å². The van der Waals surface area contributed by atoms with E-state index >= 15 is 0 Å². The third kappa shape index (κ3) is 1.29. The van der Waals surface area contributed by atoms with Crippen molar-refractivity contribution in [2.45, 2.75) is 0 Å². The quantitative estimate of drug-likeness (QED) is 0.633. The van der Waals surface area contributed by atoms with Crippen LogP contribution in [0.2, 0.25) is 0 Å². The molecular formula is C14H10IN. The predicted molar refractivity (Wildman–Crippen MR) is 78.6 cm³/mol. The summed E-state index contributed by atoms with van der Waals surface area (Å²) in [6, 6.07) is 12.7. The monoisotopic (exact) mass is 319 g/mol. The van der Waals surface area contributed by atoms with Gasteiger partial charge in [-0.2, -0.15) is 0 Å². The van der Waals surface area contributed by atoms with Crippen molar-refractivity contribution in [1.82, 2.24) is 4.98 Å². The van der Waals surface area contributed by atoms with E-state index in [-0.39, 0.29) is 0 Å². The number of halogens is 1. The second kappa shape index (κ2) is 3.63. The highest BCUT2D eigenvalue weighted by Gasteiger charge is 2.08. The lowest BCUT2D eigenvalue weighted by atomic mass is 10.1. The van der Waals surface area contributed by atoms with Crippen molar-refractivity contribution in [2.24, 2.45) is 0 Å². The first-order valence-corrected chi connectivity index (χ1v) is 6.20. The Bertz CT molecular complexity index is 694. The summed E-state index contributed by atoms with van der Waals surface area (Å²) in [5.41, 5.74) is 3.56. The van der Waals surface area contributed by atoms with Crippen molar-refractivity contribution in [3.8, 4) is 0 Å². The molecule has 3 rings (SSSR count). The van der Waals surface area contributed by atoms with Gasteiger partial charge in [-0.25, -0.2) is 0 Å². The molecule has 1 aromatic heterocycles. The maximum atomic E-state index is 3.89. The molecule has 0 fully saturated rings. The van der Waals surface area contributed by atoms with E-state index in [4.69, 9.17) is 0 Å². The van der Waals surface area contributed by atoms with E-state index in [1.54, 1.807) is 0 Å². The number of benzene rings is 2. The largest absolute Gasteiger partial charge is 0.354 e. The number of nitrogens with one attached hydrogen (secondary N) is 1. The predicted octanol–water partition coefficient (Wildman–Crippen LogP) is 4.57. The minimum absolute atomic E-state index is 1.18. The second-order valence-electron chi connectivity index (χ2n) is 3.76. The van der Waals surface area contributed by atoms with Crippen molar-refractivity contribution in [2.75, 3.05) is 0 Å². The van der Waals surface area contributed by atoms with Gasteiger partial charge in [0.05, 0.1) is 5.52 Å². The van der Waals surface area contributed by atoms with Gasteiger partial charge in [-0.3, -0.25) is 0 Å². The van der Waals surface area contributed by atoms with E-state index in [1.807, 2.05) is 6.08 Å². The summed E-state index contributed by atoms with van der Waals surface area (Å²) in [6.45, 7) is 3.89. The van der Waals surface area contributed by atoms with Gasteiger partial charge < -0.3 is 4.98 Å². The highest BCUT2D eigenvalue weighted by atomic mass is 127. The lowest BCUT2D eigenvalue weighted by Gasteiger charge is -1.99. The van der Waals surface area contributed by atoms with Gasteiger partial charge in [0.1, 0.15) is 0 Å². The Hall–Kier alpha value is -1.29. The molecule has 0 spiro atoms. The molecule has 0 saturated carbocycles. The number of fused-ring (bicyclic) bond motifs is 3. The Balaban J connectivity index is 2.58. The van der Waals surface area contributed by atoms with E-state index in [1.165, 1.54) is 30.9 Å². The number of hydrogen-bond donors (Lipinski definition) is 1. The molecule has 0 radical (unpaired) electrons. The van der Waals surface area contributed by atoms with E-state index in [2.05, 4.69) is 70.6 Å². The van der Waals surface area contributed by atoms with E-state index in [0.717, 1.165) is 0 Å². The first-order valence-electron chi connectivity index (χ1n) is 5.12. The van der Waals surface area contributed by atoms with E-state index in [0.29, 0.717) is 0 Å². The van der Waals surface area contributed by atoms with Gasteiger partial charge in [0.15, 0.2) is 0 Å². The van der Waals surface area contributed by atoms with Crippen LogP contribution in [0.1, 0.15) is 5.56 Å². The molecule has 0 aliphatic rings. The Morgan fingerprint density at radius 2 is 1.88 bits per heavy atom. The molecule has 0 bridgehead atoms. The zero-order chi connectivity index (χ0) is 11.1. The molecule has 0 aliphatic carbocycles. The van der Waals surface area contributed by atoms with Gasteiger partial charge in [0.25, 0.3) is 0 Å². The van der Waals surface area contributed by atoms with Crippen LogP contribution >= 0.6 is 22.6 Å².